The third-order valence-electron chi connectivity index (χ3n) is 3.70. The molecule has 1 aliphatic heterocycles. The second-order valence-corrected chi connectivity index (χ2v) is 5.43. The zero-order valence-electron chi connectivity index (χ0n) is 11.5. The molecule has 20 heavy (non-hydrogen) atoms. The molecule has 2 atom stereocenters. The van der Waals surface area contributed by atoms with Gasteiger partial charge in [-0.3, -0.25) is 0 Å². The van der Waals surface area contributed by atoms with Gasteiger partial charge in [0.05, 0.1) is 5.56 Å². The highest BCUT2D eigenvalue weighted by atomic mass is 19.4. The molecule has 0 aromatic carbocycles. The minimum Gasteiger partial charge on any atom is -0.354 e. The SMILES string of the molecule is CC1CCC(C)N(c2cc(C(F)(F)F)cc(NN)n2)C1. The Morgan fingerprint density at radius 3 is 2.60 bits per heavy atom. The van der Waals surface area contributed by atoms with E-state index in [1.807, 2.05) is 11.8 Å². The van der Waals surface area contributed by atoms with Gasteiger partial charge in [0.1, 0.15) is 11.6 Å². The average Bonchev–Trinajstić information content (AvgIpc) is 2.40. The summed E-state index contributed by atoms with van der Waals surface area (Å²) in [6, 6.07) is 2.18. The van der Waals surface area contributed by atoms with Crippen LogP contribution in [0.4, 0.5) is 24.8 Å². The number of hydrogen-bond donors (Lipinski definition) is 2. The van der Waals surface area contributed by atoms with Crippen LogP contribution in [-0.2, 0) is 6.18 Å². The highest BCUT2D eigenvalue weighted by Gasteiger charge is 2.33. The third-order valence-corrected chi connectivity index (χ3v) is 3.70. The van der Waals surface area contributed by atoms with Crippen molar-refractivity contribution in [3.63, 3.8) is 0 Å². The first-order valence-electron chi connectivity index (χ1n) is 6.64. The number of nitrogens with zero attached hydrogens (tertiary/aromatic N) is 2. The first kappa shape index (κ1) is 14.9. The van der Waals surface area contributed by atoms with E-state index in [-0.39, 0.29) is 11.9 Å². The van der Waals surface area contributed by atoms with Crippen molar-refractivity contribution in [2.24, 2.45) is 11.8 Å². The van der Waals surface area contributed by atoms with Crippen LogP contribution >= 0.6 is 0 Å². The van der Waals surface area contributed by atoms with Gasteiger partial charge in [0.2, 0.25) is 0 Å². The maximum absolute atomic E-state index is 12.9. The molecule has 2 heterocycles. The second kappa shape index (κ2) is 5.47. The normalized spacial score (nSPS) is 23.8. The summed E-state index contributed by atoms with van der Waals surface area (Å²) in [6.45, 7) is 4.80. The molecule has 112 valence electrons. The van der Waals surface area contributed by atoms with Gasteiger partial charge in [0.15, 0.2) is 0 Å². The molecular formula is C13H19F3N4. The van der Waals surface area contributed by atoms with E-state index in [4.69, 9.17) is 5.84 Å². The number of hydrazine groups is 1. The topological polar surface area (TPSA) is 54.2 Å². The van der Waals surface area contributed by atoms with Crippen molar-refractivity contribution in [1.29, 1.82) is 0 Å². The molecule has 1 aromatic rings. The summed E-state index contributed by atoms with van der Waals surface area (Å²) in [5.41, 5.74) is 1.47. The van der Waals surface area contributed by atoms with Gasteiger partial charge in [-0.2, -0.15) is 13.2 Å². The van der Waals surface area contributed by atoms with Crippen LogP contribution in [-0.4, -0.2) is 17.6 Å². The van der Waals surface area contributed by atoms with Gasteiger partial charge in [-0.1, -0.05) is 6.92 Å². The average molecular weight is 288 g/mol. The van der Waals surface area contributed by atoms with Crippen LogP contribution in [0.15, 0.2) is 12.1 Å². The van der Waals surface area contributed by atoms with Gasteiger partial charge in [-0.15, -0.1) is 0 Å². The first-order chi connectivity index (χ1) is 9.31. The van der Waals surface area contributed by atoms with E-state index in [0.29, 0.717) is 18.3 Å². The first-order valence-corrected chi connectivity index (χ1v) is 6.64. The van der Waals surface area contributed by atoms with Crippen LogP contribution in [0, 0.1) is 5.92 Å². The maximum atomic E-state index is 12.9. The number of hydrogen-bond acceptors (Lipinski definition) is 4. The lowest BCUT2D eigenvalue weighted by Crippen LogP contribution is -2.41. The Hall–Kier alpha value is -1.50. The summed E-state index contributed by atoms with van der Waals surface area (Å²) in [7, 11) is 0. The van der Waals surface area contributed by atoms with Crippen LogP contribution in [0.25, 0.3) is 0 Å². The summed E-state index contributed by atoms with van der Waals surface area (Å²) < 4.78 is 38.7. The van der Waals surface area contributed by atoms with Gasteiger partial charge in [0.25, 0.3) is 0 Å². The highest BCUT2D eigenvalue weighted by Crippen LogP contribution is 2.34. The van der Waals surface area contributed by atoms with Crippen molar-refractivity contribution >= 4 is 11.6 Å². The molecule has 0 bridgehead atoms. The van der Waals surface area contributed by atoms with Crippen LogP contribution in [0.3, 0.4) is 0 Å². The van der Waals surface area contributed by atoms with Crippen molar-refractivity contribution in [1.82, 2.24) is 4.98 Å². The Balaban J connectivity index is 2.39. The molecule has 3 N–H and O–H groups in total. The predicted octanol–water partition coefficient (Wildman–Crippen LogP) is 3.01. The zero-order valence-corrected chi connectivity index (χ0v) is 11.5. The predicted molar refractivity (Wildman–Crippen MR) is 72.3 cm³/mol. The molecule has 4 nitrogen and oxygen atoms in total. The Morgan fingerprint density at radius 2 is 2.00 bits per heavy atom. The Morgan fingerprint density at radius 1 is 1.30 bits per heavy atom. The van der Waals surface area contributed by atoms with Gasteiger partial charge in [-0.05, 0) is 37.8 Å². The number of aromatic nitrogens is 1. The molecule has 1 saturated heterocycles. The van der Waals surface area contributed by atoms with E-state index in [0.717, 1.165) is 25.0 Å². The van der Waals surface area contributed by atoms with E-state index in [1.165, 1.54) is 0 Å². The highest BCUT2D eigenvalue weighted by molar-refractivity contribution is 5.51. The van der Waals surface area contributed by atoms with Crippen LogP contribution < -0.4 is 16.2 Å². The standard InChI is InChI=1S/C13H19F3N4/c1-8-3-4-9(2)20(7-8)12-6-10(13(14,15)16)5-11(18-12)19-17/h5-6,8-9H,3-4,7,17H2,1-2H3,(H,18,19). The molecule has 0 aliphatic carbocycles. The number of halogens is 3. The van der Waals surface area contributed by atoms with Gasteiger partial charge >= 0.3 is 6.18 Å². The number of pyridine rings is 1. The van der Waals surface area contributed by atoms with Crippen molar-refractivity contribution in [2.45, 2.75) is 38.9 Å². The number of anilines is 2. The minimum absolute atomic E-state index is 0.0280. The van der Waals surface area contributed by atoms with Crippen molar-refractivity contribution in [2.75, 3.05) is 16.9 Å². The van der Waals surface area contributed by atoms with Gasteiger partial charge in [-0.25, -0.2) is 10.8 Å². The van der Waals surface area contributed by atoms with Crippen molar-refractivity contribution < 1.29 is 13.2 Å². The van der Waals surface area contributed by atoms with Gasteiger partial charge < -0.3 is 10.3 Å². The lowest BCUT2D eigenvalue weighted by Gasteiger charge is -2.38. The molecule has 2 unspecified atom stereocenters. The number of nitrogens with one attached hydrogen (secondary N) is 1. The third kappa shape index (κ3) is 3.15. The van der Waals surface area contributed by atoms with E-state index in [1.54, 1.807) is 0 Å². The summed E-state index contributed by atoms with van der Waals surface area (Å²) in [6.07, 6.45) is -2.38. The zero-order chi connectivity index (χ0) is 14.9. The molecule has 0 spiro atoms. The minimum atomic E-state index is -4.41. The molecule has 0 saturated carbocycles. The molecule has 0 amide bonds. The quantitative estimate of drug-likeness (QED) is 0.649. The van der Waals surface area contributed by atoms with E-state index < -0.39 is 11.7 Å². The molecule has 1 fully saturated rings. The smallest absolute Gasteiger partial charge is 0.354 e. The Labute approximate surface area is 116 Å². The molecule has 1 aliphatic rings. The number of nitrogens with two attached hydrogens (primary N) is 1. The van der Waals surface area contributed by atoms with E-state index in [9.17, 15) is 13.2 Å². The van der Waals surface area contributed by atoms with E-state index in [2.05, 4.69) is 17.3 Å². The fourth-order valence-electron chi connectivity index (χ4n) is 2.51. The van der Waals surface area contributed by atoms with Crippen LogP contribution in [0.2, 0.25) is 0 Å². The lowest BCUT2D eigenvalue weighted by molar-refractivity contribution is -0.137. The molecule has 7 heteroatoms. The molecule has 0 radical (unpaired) electrons. The number of nitrogen functional groups attached to an aromatic ring is 1. The Kier molecular flexibility index (Phi) is 4.08. The van der Waals surface area contributed by atoms with Crippen molar-refractivity contribution in [3.8, 4) is 0 Å². The van der Waals surface area contributed by atoms with Crippen LogP contribution in [0.5, 0.6) is 0 Å². The van der Waals surface area contributed by atoms with Crippen LogP contribution in [0.1, 0.15) is 32.3 Å². The monoisotopic (exact) mass is 288 g/mol. The summed E-state index contributed by atoms with van der Waals surface area (Å²) in [4.78, 5) is 6.08. The second-order valence-electron chi connectivity index (χ2n) is 5.43. The fraction of sp³-hybridized carbons (Fsp3) is 0.615. The van der Waals surface area contributed by atoms with Gasteiger partial charge in [0, 0.05) is 12.6 Å². The largest absolute Gasteiger partial charge is 0.416 e. The number of rotatable bonds is 2. The molecule has 2 rings (SSSR count). The molecule has 1 aromatic heterocycles. The number of alkyl halides is 3. The number of piperidine rings is 1. The maximum Gasteiger partial charge on any atom is 0.416 e. The summed E-state index contributed by atoms with van der Waals surface area (Å²) in [5, 5.41) is 0. The Bertz CT molecular complexity index is 475. The molecular weight excluding hydrogens is 269 g/mol. The fourth-order valence-corrected chi connectivity index (χ4v) is 2.51. The lowest BCUT2D eigenvalue weighted by atomic mass is 9.95. The van der Waals surface area contributed by atoms with E-state index >= 15 is 0 Å². The summed E-state index contributed by atoms with van der Waals surface area (Å²) >= 11 is 0. The summed E-state index contributed by atoms with van der Waals surface area (Å²) in [5.74, 6) is 6.02. The van der Waals surface area contributed by atoms with Crippen molar-refractivity contribution in [3.05, 3.63) is 17.7 Å².